The van der Waals surface area contributed by atoms with E-state index >= 15 is 0 Å². The molecule has 0 aliphatic carbocycles. The Bertz CT molecular complexity index is 2950. The summed E-state index contributed by atoms with van der Waals surface area (Å²) in [5.41, 5.74) is 11.6. The highest BCUT2D eigenvalue weighted by Gasteiger charge is 2.24. The zero-order valence-electron chi connectivity index (χ0n) is 28.8. The van der Waals surface area contributed by atoms with Crippen molar-refractivity contribution in [2.45, 2.75) is 26.2 Å². The molecule has 3 aromatic heterocycles. The molecule has 0 bridgehead atoms. The Morgan fingerprint density at radius 1 is 0.510 bits per heavy atom. The first-order chi connectivity index (χ1) is 24.9. The highest BCUT2D eigenvalue weighted by molar-refractivity contribution is 7.26. The molecule has 3 heterocycles. The number of hydrogen-bond acceptors (Lipinski definition) is 2. The largest absolute Gasteiger partial charge is 0.309 e. The summed E-state index contributed by atoms with van der Waals surface area (Å²) in [6.07, 6.45) is 0. The van der Waals surface area contributed by atoms with Crippen LogP contribution in [-0.2, 0) is 5.41 Å². The second-order valence-corrected chi connectivity index (χ2v) is 15.5. The Morgan fingerprint density at radius 3 is 2.08 bits per heavy atom. The number of aromatic nitrogens is 3. The molecule has 51 heavy (non-hydrogen) atoms. The number of fused-ring (bicyclic) bond motifs is 7. The fourth-order valence-corrected chi connectivity index (χ4v) is 9.17. The van der Waals surface area contributed by atoms with Gasteiger partial charge in [-0.15, -0.1) is 11.3 Å². The molecular formula is C47H35N3S. The standard InChI is InChI=1S/C47H35N3S/c1-47(2,3)39-22-13-23-40-44(39)50(32-15-5-4-6-16-32)46(48-40)31-14-11-17-33(28-31)49-41-24-9-7-18-35(41)38-29-30(26-27-42(38)49)34-20-12-21-37-36-19-8-10-25-43(36)51-45(34)37/h4-29H,1-3H3. The van der Waals surface area contributed by atoms with Crippen LogP contribution in [0.1, 0.15) is 26.3 Å². The Balaban J connectivity index is 1.18. The molecule has 0 fully saturated rings. The lowest BCUT2D eigenvalue weighted by Gasteiger charge is -2.22. The molecule has 7 aromatic carbocycles. The van der Waals surface area contributed by atoms with Crippen molar-refractivity contribution in [2.75, 3.05) is 0 Å². The molecule has 4 heteroatoms. The quantitative estimate of drug-likeness (QED) is 0.182. The number of thiophene rings is 1. The molecule has 3 nitrogen and oxygen atoms in total. The normalized spacial score (nSPS) is 12.2. The second kappa shape index (κ2) is 11.3. The topological polar surface area (TPSA) is 22.8 Å². The Morgan fingerprint density at radius 2 is 1.22 bits per heavy atom. The Hall–Kier alpha value is -5.97. The van der Waals surface area contributed by atoms with Crippen LogP contribution < -0.4 is 0 Å². The van der Waals surface area contributed by atoms with Gasteiger partial charge in [0.2, 0.25) is 0 Å². The predicted molar refractivity (Wildman–Crippen MR) is 218 cm³/mol. The van der Waals surface area contributed by atoms with E-state index in [-0.39, 0.29) is 5.41 Å². The summed E-state index contributed by atoms with van der Waals surface area (Å²) in [5.74, 6) is 0.939. The zero-order valence-corrected chi connectivity index (χ0v) is 29.6. The molecule has 0 aliphatic rings. The molecule has 10 rings (SSSR count). The first-order valence-electron chi connectivity index (χ1n) is 17.6. The molecule has 0 saturated carbocycles. The number of imidazole rings is 1. The molecular weight excluding hydrogens is 639 g/mol. The van der Waals surface area contributed by atoms with Gasteiger partial charge in [-0.1, -0.05) is 124 Å². The van der Waals surface area contributed by atoms with Crippen LogP contribution in [0.25, 0.3) is 86.9 Å². The van der Waals surface area contributed by atoms with Crippen molar-refractivity contribution in [1.29, 1.82) is 0 Å². The number of para-hydroxylation sites is 3. The third-order valence-corrected chi connectivity index (χ3v) is 11.5. The van der Waals surface area contributed by atoms with Crippen LogP contribution in [0.15, 0.2) is 158 Å². The third kappa shape index (κ3) is 4.67. The number of nitrogens with zero attached hydrogens (tertiary/aromatic N) is 3. The molecule has 0 saturated heterocycles. The van der Waals surface area contributed by atoms with Gasteiger partial charge in [0.25, 0.3) is 0 Å². The minimum atomic E-state index is -0.0461. The highest BCUT2D eigenvalue weighted by Crippen LogP contribution is 2.42. The van der Waals surface area contributed by atoms with E-state index in [0.717, 1.165) is 33.8 Å². The third-order valence-electron chi connectivity index (χ3n) is 10.2. The van der Waals surface area contributed by atoms with Gasteiger partial charge in [-0.25, -0.2) is 4.98 Å². The van der Waals surface area contributed by atoms with E-state index in [0.29, 0.717) is 0 Å². The van der Waals surface area contributed by atoms with Crippen molar-refractivity contribution in [3.05, 3.63) is 163 Å². The maximum Gasteiger partial charge on any atom is 0.145 e. The number of rotatable bonds is 4. The van der Waals surface area contributed by atoms with Crippen molar-refractivity contribution in [1.82, 2.24) is 14.1 Å². The van der Waals surface area contributed by atoms with Gasteiger partial charge >= 0.3 is 0 Å². The first-order valence-corrected chi connectivity index (χ1v) is 18.4. The average molecular weight is 674 g/mol. The van der Waals surface area contributed by atoms with Gasteiger partial charge in [-0.05, 0) is 76.7 Å². The monoisotopic (exact) mass is 673 g/mol. The van der Waals surface area contributed by atoms with Gasteiger partial charge in [0, 0.05) is 47.9 Å². The van der Waals surface area contributed by atoms with Crippen molar-refractivity contribution in [3.8, 4) is 33.9 Å². The summed E-state index contributed by atoms with van der Waals surface area (Å²) < 4.78 is 7.42. The summed E-state index contributed by atoms with van der Waals surface area (Å²) in [4.78, 5) is 5.32. The van der Waals surface area contributed by atoms with Crippen molar-refractivity contribution < 1.29 is 0 Å². The minimum Gasteiger partial charge on any atom is -0.309 e. The van der Waals surface area contributed by atoms with E-state index in [2.05, 4.69) is 188 Å². The molecule has 0 unspecified atom stereocenters. The van der Waals surface area contributed by atoms with Crippen LogP contribution in [0.4, 0.5) is 0 Å². The highest BCUT2D eigenvalue weighted by atomic mass is 32.1. The number of hydrogen-bond donors (Lipinski definition) is 0. The second-order valence-electron chi connectivity index (χ2n) is 14.4. The molecule has 244 valence electrons. The van der Waals surface area contributed by atoms with Gasteiger partial charge in [0.1, 0.15) is 5.82 Å². The lowest BCUT2D eigenvalue weighted by Crippen LogP contribution is -2.13. The smallest absolute Gasteiger partial charge is 0.145 e. The predicted octanol–water partition coefficient (Wildman–Crippen LogP) is 13.1. The maximum absolute atomic E-state index is 5.32. The van der Waals surface area contributed by atoms with Crippen molar-refractivity contribution >= 4 is 64.3 Å². The van der Waals surface area contributed by atoms with Crippen molar-refractivity contribution in [3.63, 3.8) is 0 Å². The minimum absolute atomic E-state index is 0.0461. The van der Waals surface area contributed by atoms with Crippen LogP contribution >= 0.6 is 11.3 Å². The Kier molecular flexibility index (Phi) is 6.61. The molecule has 0 aliphatic heterocycles. The molecule has 0 spiro atoms. The van der Waals surface area contributed by atoms with Crippen LogP contribution in [0.3, 0.4) is 0 Å². The zero-order chi connectivity index (χ0) is 34.3. The van der Waals surface area contributed by atoms with Gasteiger partial charge in [-0.3, -0.25) is 4.57 Å². The molecule has 0 amide bonds. The summed E-state index contributed by atoms with van der Waals surface area (Å²) in [7, 11) is 0. The summed E-state index contributed by atoms with van der Waals surface area (Å²) in [5, 5.41) is 5.14. The van der Waals surface area contributed by atoms with Crippen LogP contribution in [0.2, 0.25) is 0 Å². The van der Waals surface area contributed by atoms with Crippen molar-refractivity contribution in [2.24, 2.45) is 0 Å². The number of benzene rings is 7. The van der Waals surface area contributed by atoms with E-state index in [1.54, 1.807) is 0 Å². The van der Waals surface area contributed by atoms with E-state index in [4.69, 9.17) is 4.98 Å². The summed E-state index contributed by atoms with van der Waals surface area (Å²) in [6.45, 7) is 6.84. The molecule has 0 N–H and O–H groups in total. The molecule has 0 radical (unpaired) electrons. The average Bonchev–Trinajstić information content (AvgIpc) is 3.84. The summed E-state index contributed by atoms with van der Waals surface area (Å²) in [6, 6.07) is 57.3. The molecule has 10 aromatic rings. The van der Waals surface area contributed by atoms with Crippen LogP contribution in [0, 0.1) is 0 Å². The van der Waals surface area contributed by atoms with E-state index in [9.17, 15) is 0 Å². The summed E-state index contributed by atoms with van der Waals surface area (Å²) >= 11 is 1.88. The van der Waals surface area contributed by atoms with Crippen LogP contribution in [0.5, 0.6) is 0 Å². The fourth-order valence-electron chi connectivity index (χ4n) is 7.93. The van der Waals surface area contributed by atoms with Gasteiger partial charge in [0.05, 0.1) is 22.1 Å². The lowest BCUT2D eigenvalue weighted by atomic mass is 9.86. The maximum atomic E-state index is 5.32. The Labute approximate surface area is 300 Å². The van der Waals surface area contributed by atoms with E-state index in [1.807, 2.05) is 11.3 Å². The van der Waals surface area contributed by atoms with Crippen LogP contribution in [-0.4, -0.2) is 14.1 Å². The van der Waals surface area contributed by atoms with E-state index in [1.165, 1.54) is 58.7 Å². The van der Waals surface area contributed by atoms with Gasteiger partial charge in [0.15, 0.2) is 0 Å². The van der Waals surface area contributed by atoms with E-state index < -0.39 is 0 Å². The SMILES string of the molecule is CC(C)(C)c1cccc2nc(-c3cccc(-n4c5ccccc5c5cc(-c6cccc7c6sc6ccccc67)ccc54)c3)n(-c3ccccc3)c12. The fraction of sp³-hybridized carbons (Fsp3) is 0.0851. The van der Waals surface area contributed by atoms with Gasteiger partial charge in [-0.2, -0.15) is 0 Å². The molecule has 0 atom stereocenters. The first kappa shape index (κ1) is 29.9. The lowest BCUT2D eigenvalue weighted by molar-refractivity contribution is 0.594. The van der Waals surface area contributed by atoms with Gasteiger partial charge < -0.3 is 4.57 Å².